The van der Waals surface area contributed by atoms with Gasteiger partial charge in [0.2, 0.25) is 0 Å². The third-order valence-electron chi connectivity index (χ3n) is 2.45. The van der Waals surface area contributed by atoms with Gasteiger partial charge in [0, 0.05) is 6.07 Å². The van der Waals surface area contributed by atoms with Gasteiger partial charge in [-0.1, -0.05) is 11.6 Å². The van der Waals surface area contributed by atoms with Gasteiger partial charge in [-0.3, -0.25) is 0 Å². The van der Waals surface area contributed by atoms with Crippen LogP contribution in [0, 0.1) is 5.82 Å². The normalized spacial score (nSPS) is 12.7. The fraction of sp³-hybridized carbons (Fsp3) is 0.300. The van der Waals surface area contributed by atoms with Gasteiger partial charge in [-0.25, -0.2) is 4.39 Å². The Balaban J connectivity index is 2.53. The summed E-state index contributed by atoms with van der Waals surface area (Å²) in [5.74, 6) is 0.183. The second-order valence-corrected chi connectivity index (χ2v) is 3.96. The van der Waals surface area contributed by atoms with Gasteiger partial charge in [0.15, 0.2) is 5.82 Å². The molecule has 0 saturated carbocycles. The SMILES string of the molecule is CNC(C)c1nnnn1-c1cc(F)ccc1Cl. The van der Waals surface area contributed by atoms with Crippen LogP contribution >= 0.6 is 11.6 Å². The molecule has 0 radical (unpaired) electrons. The minimum atomic E-state index is -0.386. The highest BCUT2D eigenvalue weighted by atomic mass is 35.5. The van der Waals surface area contributed by atoms with Crippen LogP contribution in [-0.4, -0.2) is 27.3 Å². The first kappa shape index (κ1) is 11.9. The van der Waals surface area contributed by atoms with Crippen molar-refractivity contribution in [2.24, 2.45) is 0 Å². The summed E-state index contributed by atoms with van der Waals surface area (Å²) >= 11 is 6.00. The smallest absolute Gasteiger partial charge is 0.173 e. The molecule has 5 nitrogen and oxygen atoms in total. The number of nitrogens with one attached hydrogen (secondary N) is 1. The van der Waals surface area contributed by atoms with E-state index in [-0.39, 0.29) is 11.9 Å². The zero-order chi connectivity index (χ0) is 12.4. The van der Waals surface area contributed by atoms with Gasteiger partial charge in [0.1, 0.15) is 5.82 Å². The molecule has 1 unspecified atom stereocenters. The third-order valence-corrected chi connectivity index (χ3v) is 2.77. The molecule has 0 fully saturated rings. The van der Waals surface area contributed by atoms with Gasteiger partial charge in [0.25, 0.3) is 0 Å². The van der Waals surface area contributed by atoms with Gasteiger partial charge < -0.3 is 5.32 Å². The summed E-state index contributed by atoms with van der Waals surface area (Å²) in [6, 6.07) is 3.99. The van der Waals surface area contributed by atoms with Crippen LogP contribution in [0.15, 0.2) is 18.2 Å². The first-order chi connectivity index (χ1) is 8.13. The van der Waals surface area contributed by atoms with Gasteiger partial charge in [-0.05, 0) is 36.5 Å². The van der Waals surface area contributed by atoms with E-state index in [2.05, 4.69) is 20.8 Å². The van der Waals surface area contributed by atoms with E-state index in [1.165, 1.54) is 22.9 Å². The largest absolute Gasteiger partial charge is 0.311 e. The molecule has 1 N–H and O–H groups in total. The highest BCUT2D eigenvalue weighted by Crippen LogP contribution is 2.22. The van der Waals surface area contributed by atoms with E-state index >= 15 is 0 Å². The van der Waals surface area contributed by atoms with Crippen LogP contribution < -0.4 is 5.32 Å². The Morgan fingerprint density at radius 1 is 1.47 bits per heavy atom. The molecule has 0 amide bonds. The van der Waals surface area contributed by atoms with Crippen molar-refractivity contribution in [2.45, 2.75) is 13.0 Å². The Labute approximate surface area is 103 Å². The van der Waals surface area contributed by atoms with Crippen LogP contribution in [0.25, 0.3) is 5.69 Å². The number of tetrazole rings is 1. The molecule has 0 aliphatic rings. The van der Waals surface area contributed by atoms with Gasteiger partial charge in [-0.15, -0.1) is 5.10 Å². The van der Waals surface area contributed by atoms with Crippen LogP contribution in [0.4, 0.5) is 4.39 Å². The number of benzene rings is 1. The minimum absolute atomic E-state index is 0.0654. The molecule has 1 atom stereocenters. The average molecular weight is 256 g/mol. The highest BCUT2D eigenvalue weighted by molar-refractivity contribution is 6.32. The van der Waals surface area contributed by atoms with Crippen LogP contribution in [0.1, 0.15) is 18.8 Å². The van der Waals surface area contributed by atoms with Crippen molar-refractivity contribution in [3.63, 3.8) is 0 Å². The Morgan fingerprint density at radius 2 is 2.24 bits per heavy atom. The van der Waals surface area contributed by atoms with Crippen molar-refractivity contribution in [1.82, 2.24) is 25.5 Å². The molecule has 0 saturated heterocycles. The Morgan fingerprint density at radius 3 is 2.94 bits per heavy atom. The molecule has 2 aromatic rings. The predicted octanol–water partition coefficient (Wildman–Crippen LogP) is 1.74. The maximum atomic E-state index is 13.2. The molecule has 0 aliphatic carbocycles. The molecule has 90 valence electrons. The van der Waals surface area contributed by atoms with Gasteiger partial charge in [-0.2, -0.15) is 4.68 Å². The molecule has 2 rings (SSSR count). The second-order valence-electron chi connectivity index (χ2n) is 3.55. The van der Waals surface area contributed by atoms with E-state index in [1.807, 2.05) is 6.92 Å². The predicted molar refractivity (Wildman–Crippen MR) is 61.6 cm³/mol. The van der Waals surface area contributed by atoms with Crippen molar-refractivity contribution >= 4 is 11.6 Å². The first-order valence-corrected chi connectivity index (χ1v) is 5.42. The summed E-state index contributed by atoms with van der Waals surface area (Å²) in [6.45, 7) is 1.90. The lowest BCUT2D eigenvalue weighted by atomic mass is 10.2. The molecule has 7 heteroatoms. The minimum Gasteiger partial charge on any atom is -0.311 e. The molecular weight excluding hydrogens is 245 g/mol. The lowest BCUT2D eigenvalue weighted by Crippen LogP contribution is -2.18. The zero-order valence-electron chi connectivity index (χ0n) is 9.35. The topological polar surface area (TPSA) is 55.6 Å². The maximum absolute atomic E-state index is 13.2. The van der Waals surface area contributed by atoms with Crippen molar-refractivity contribution < 1.29 is 4.39 Å². The zero-order valence-corrected chi connectivity index (χ0v) is 10.1. The Kier molecular flexibility index (Phi) is 3.35. The van der Waals surface area contributed by atoms with Crippen LogP contribution in [0.5, 0.6) is 0 Å². The van der Waals surface area contributed by atoms with Crippen LogP contribution in [0.2, 0.25) is 5.02 Å². The number of aromatic nitrogens is 4. The number of nitrogens with zero attached hydrogens (tertiary/aromatic N) is 4. The number of halogens is 2. The first-order valence-electron chi connectivity index (χ1n) is 5.04. The fourth-order valence-corrected chi connectivity index (χ4v) is 1.61. The second kappa shape index (κ2) is 4.77. The van der Waals surface area contributed by atoms with E-state index in [0.29, 0.717) is 16.5 Å². The summed E-state index contributed by atoms with van der Waals surface area (Å²) in [4.78, 5) is 0. The Bertz CT molecular complexity index is 527. The molecule has 1 aromatic carbocycles. The summed E-state index contributed by atoms with van der Waals surface area (Å²) in [6.07, 6.45) is 0. The van der Waals surface area contributed by atoms with E-state index in [0.717, 1.165) is 0 Å². The highest BCUT2D eigenvalue weighted by Gasteiger charge is 2.16. The third kappa shape index (κ3) is 2.27. The van der Waals surface area contributed by atoms with Crippen molar-refractivity contribution in [3.05, 3.63) is 34.9 Å². The molecule has 0 spiro atoms. The monoisotopic (exact) mass is 255 g/mol. The molecule has 17 heavy (non-hydrogen) atoms. The maximum Gasteiger partial charge on any atom is 0.173 e. The van der Waals surface area contributed by atoms with Crippen LogP contribution in [-0.2, 0) is 0 Å². The van der Waals surface area contributed by atoms with E-state index in [9.17, 15) is 4.39 Å². The lowest BCUT2D eigenvalue weighted by molar-refractivity contribution is 0.585. The van der Waals surface area contributed by atoms with E-state index in [1.54, 1.807) is 7.05 Å². The summed E-state index contributed by atoms with van der Waals surface area (Å²) in [5, 5.41) is 14.7. The Hall–Kier alpha value is -1.53. The number of hydrogen-bond acceptors (Lipinski definition) is 4. The van der Waals surface area contributed by atoms with Crippen molar-refractivity contribution in [3.8, 4) is 5.69 Å². The summed E-state index contributed by atoms with van der Waals surface area (Å²) < 4.78 is 14.6. The lowest BCUT2D eigenvalue weighted by Gasteiger charge is -2.11. The summed E-state index contributed by atoms with van der Waals surface area (Å²) in [5.41, 5.74) is 0.425. The van der Waals surface area contributed by atoms with E-state index < -0.39 is 0 Å². The van der Waals surface area contributed by atoms with E-state index in [4.69, 9.17) is 11.6 Å². The molecule has 0 aliphatic heterocycles. The molecule has 1 heterocycles. The van der Waals surface area contributed by atoms with Crippen molar-refractivity contribution in [2.75, 3.05) is 7.05 Å². The van der Waals surface area contributed by atoms with Crippen LogP contribution in [0.3, 0.4) is 0 Å². The number of hydrogen-bond donors (Lipinski definition) is 1. The standard InChI is InChI=1S/C10H11ClFN5/c1-6(13-2)10-14-15-16-17(10)9-5-7(12)3-4-8(9)11/h3-6,13H,1-2H3. The number of rotatable bonds is 3. The molecule has 0 bridgehead atoms. The fourth-order valence-electron chi connectivity index (χ4n) is 1.41. The van der Waals surface area contributed by atoms with Crippen molar-refractivity contribution in [1.29, 1.82) is 0 Å². The molecule has 1 aromatic heterocycles. The quantitative estimate of drug-likeness (QED) is 0.908. The van der Waals surface area contributed by atoms with Gasteiger partial charge >= 0.3 is 0 Å². The molecular formula is C10H11ClFN5. The van der Waals surface area contributed by atoms with Gasteiger partial charge in [0.05, 0.1) is 16.8 Å². The summed E-state index contributed by atoms with van der Waals surface area (Å²) in [7, 11) is 1.79. The average Bonchev–Trinajstić information content (AvgIpc) is 2.80.